The molecule has 0 spiro atoms. The Balaban J connectivity index is 2.02. The van der Waals surface area contributed by atoms with Crippen molar-refractivity contribution in [3.05, 3.63) is 68.6 Å². The minimum atomic E-state index is -0.607. The number of carbonyl (C=O) groups excluding carboxylic acids is 1. The van der Waals surface area contributed by atoms with Crippen LogP contribution in [0.4, 0.5) is 10.1 Å². The van der Waals surface area contributed by atoms with E-state index in [4.69, 9.17) is 39.3 Å². The van der Waals surface area contributed by atoms with Crippen molar-refractivity contribution >= 4 is 46.4 Å². The molecule has 1 amide bonds. The number of nitrogens with one attached hydrogen (secondary N) is 1. The standard InChI is InChI=1S/C17H10Cl3FN2O2/c1-8-14(17(24)22-9-5-6-10(18)12(20)7-9)16(23-25-8)15-11(19)3-2-4-13(15)21/h2-7H,1H3,(H,22,24). The Morgan fingerprint density at radius 2 is 1.88 bits per heavy atom. The Hall–Kier alpha value is -2.08. The fraction of sp³-hybridized carbons (Fsp3) is 0.0588. The van der Waals surface area contributed by atoms with E-state index in [2.05, 4.69) is 10.5 Å². The van der Waals surface area contributed by atoms with Gasteiger partial charge in [0.2, 0.25) is 0 Å². The first kappa shape index (κ1) is 17.7. The lowest BCUT2D eigenvalue weighted by molar-refractivity contribution is 0.102. The highest BCUT2D eigenvalue weighted by atomic mass is 35.5. The van der Waals surface area contributed by atoms with E-state index in [9.17, 15) is 9.18 Å². The molecule has 0 atom stereocenters. The number of hydrogen-bond acceptors (Lipinski definition) is 3. The second-order valence-electron chi connectivity index (χ2n) is 5.14. The normalized spacial score (nSPS) is 10.8. The molecule has 0 bridgehead atoms. The van der Waals surface area contributed by atoms with Crippen molar-refractivity contribution in [1.29, 1.82) is 0 Å². The molecule has 0 saturated heterocycles. The first-order chi connectivity index (χ1) is 11.9. The predicted molar refractivity (Wildman–Crippen MR) is 96.1 cm³/mol. The number of amides is 1. The summed E-state index contributed by atoms with van der Waals surface area (Å²) < 4.78 is 19.3. The van der Waals surface area contributed by atoms with Gasteiger partial charge < -0.3 is 9.84 Å². The van der Waals surface area contributed by atoms with Crippen LogP contribution in [0.25, 0.3) is 11.3 Å². The number of aryl methyl sites for hydroxylation is 1. The van der Waals surface area contributed by atoms with Crippen molar-refractivity contribution < 1.29 is 13.7 Å². The number of benzene rings is 2. The fourth-order valence-corrected chi connectivity index (χ4v) is 2.85. The van der Waals surface area contributed by atoms with Gasteiger partial charge in [-0.3, -0.25) is 4.79 Å². The van der Waals surface area contributed by atoms with E-state index in [1.54, 1.807) is 19.1 Å². The SMILES string of the molecule is Cc1onc(-c2c(F)cccc2Cl)c1C(=O)Nc1ccc(Cl)c(Cl)c1. The molecule has 3 rings (SSSR count). The van der Waals surface area contributed by atoms with Crippen molar-refractivity contribution in [2.75, 3.05) is 5.32 Å². The van der Waals surface area contributed by atoms with E-state index < -0.39 is 11.7 Å². The van der Waals surface area contributed by atoms with Crippen LogP contribution >= 0.6 is 34.8 Å². The monoisotopic (exact) mass is 398 g/mol. The zero-order valence-corrected chi connectivity index (χ0v) is 15.0. The maximum absolute atomic E-state index is 14.2. The van der Waals surface area contributed by atoms with Crippen molar-refractivity contribution in [2.45, 2.75) is 6.92 Å². The third-order valence-corrected chi connectivity index (χ3v) is 4.52. The number of carbonyl (C=O) groups is 1. The van der Waals surface area contributed by atoms with E-state index in [1.807, 2.05) is 0 Å². The Labute approximate surface area is 157 Å². The lowest BCUT2D eigenvalue weighted by Crippen LogP contribution is -2.13. The second-order valence-corrected chi connectivity index (χ2v) is 6.36. The van der Waals surface area contributed by atoms with Crippen LogP contribution in [0.2, 0.25) is 15.1 Å². The zero-order chi connectivity index (χ0) is 18.1. The van der Waals surface area contributed by atoms with E-state index in [0.29, 0.717) is 15.7 Å². The third-order valence-electron chi connectivity index (χ3n) is 3.47. The summed E-state index contributed by atoms with van der Waals surface area (Å²) in [6.07, 6.45) is 0. The number of anilines is 1. The molecule has 4 nitrogen and oxygen atoms in total. The van der Waals surface area contributed by atoms with Crippen LogP contribution in [0.5, 0.6) is 0 Å². The molecule has 0 fully saturated rings. The average molecular weight is 400 g/mol. The molecule has 8 heteroatoms. The summed E-state index contributed by atoms with van der Waals surface area (Å²) in [5.74, 6) is -0.914. The Morgan fingerprint density at radius 3 is 2.56 bits per heavy atom. The molecule has 0 aliphatic heterocycles. The molecule has 1 aromatic heterocycles. The molecule has 128 valence electrons. The van der Waals surface area contributed by atoms with Crippen LogP contribution in [0.3, 0.4) is 0 Å². The summed E-state index contributed by atoms with van der Waals surface area (Å²) in [6, 6.07) is 8.83. The second kappa shape index (κ2) is 7.04. The molecule has 0 aliphatic rings. The fourth-order valence-electron chi connectivity index (χ4n) is 2.30. The smallest absolute Gasteiger partial charge is 0.261 e. The molecular formula is C17H10Cl3FN2O2. The van der Waals surface area contributed by atoms with Gasteiger partial charge in [0.25, 0.3) is 5.91 Å². The van der Waals surface area contributed by atoms with Crippen LogP contribution in [0, 0.1) is 12.7 Å². The quantitative estimate of drug-likeness (QED) is 0.587. The largest absolute Gasteiger partial charge is 0.360 e. The molecule has 3 aromatic rings. The van der Waals surface area contributed by atoms with Crippen LogP contribution in [0.15, 0.2) is 40.9 Å². The highest BCUT2D eigenvalue weighted by Gasteiger charge is 2.25. The average Bonchev–Trinajstić information content (AvgIpc) is 2.92. The first-order valence-corrected chi connectivity index (χ1v) is 8.19. The zero-order valence-electron chi connectivity index (χ0n) is 12.7. The van der Waals surface area contributed by atoms with Gasteiger partial charge in [-0.15, -0.1) is 0 Å². The molecule has 1 heterocycles. The molecule has 25 heavy (non-hydrogen) atoms. The number of hydrogen-bond donors (Lipinski definition) is 1. The Kier molecular flexibility index (Phi) is 4.99. The molecule has 0 radical (unpaired) electrons. The van der Waals surface area contributed by atoms with Crippen LogP contribution in [-0.4, -0.2) is 11.1 Å². The van der Waals surface area contributed by atoms with Crippen molar-refractivity contribution in [3.8, 4) is 11.3 Å². The Bertz CT molecular complexity index is 952. The predicted octanol–water partition coefficient (Wildman–Crippen LogP) is 6.00. The summed E-state index contributed by atoms with van der Waals surface area (Å²) in [4.78, 5) is 12.7. The van der Waals surface area contributed by atoms with E-state index in [0.717, 1.165) is 0 Å². The summed E-state index contributed by atoms with van der Waals surface area (Å²) in [7, 11) is 0. The first-order valence-electron chi connectivity index (χ1n) is 7.05. The van der Waals surface area contributed by atoms with E-state index in [1.165, 1.54) is 24.3 Å². The lowest BCUT2D eigenvalue weighted by atomic mass is 10.0. The third kappa shape index (κ3) is 3.49. The summed E-state index contributed by atoms with van der Waals surface area (Å²) >= 11 is 17.9. The summed E-state index contributed by atoms with van der Waals surface area (Å²) in [5, 5.41) is 7.22. The van der Waals surface area contributed by atoms with Gasteiger partial charge in [0, 0.05) is 5.69 Å². The maximum atomic E-state index is 14.2. The number of aromatic nitrogens is 1. The van der Waals surface area contributed by atoms with Crippen molar-refractivity contribution in [2.24, 2.45) is 0 Å². The van der Waals surface area contributed by atoms with Crippen molar-refractivity contribution in [3.63, 3.8) is 0 Å². The highest BCUT2D eigenvalue weighted by molar-refractivity contribution is 6.42. The van der Waals surface area contributed by atoms with Gasteiger partial charge in [-0.05, 0) is 37.3 Å². The van der Waals surface area contributed by atoms with Crippen molar-refractivity contribution in [1.82, 2.24) is 5.16 Å². The van der Waals surface area contributed by atoms with Crippen LogP contribution in [0.1, 0.15) is 16.1 Å². The van der Waals surface area contributed by atoms with E-state index in [-0.39, 0.29) is 27.6 Å². The Morgan fingerprint density at radius 1 is 1.12 bits per heavy atom. The van der Waals surface area contributed by atoms with E-state index >= 15 is 0 Å². The van der Waals surface area contributed by atoms with Gasteiger partial charge in [-0.2, -0.15) is 0 Å². The van der Waals surface area contributed by atoms with Gasteiger partial charge >= 0.3 is 0 Å². The molecule has 0 unspecified atom stereocenters. The lowest BCUT2D eigenvalue weighted by Gasteiger charge is -2.08. The molecule has 0 saturated carbocycles. The van der Waals surface area contributed by atoms with Gasteiger partial charge in [-0.25, -0.2) is 4.39 Å². The van der Waals surface area contributed by atoms with Gasteiger partial charge in [0.15, 0.2) is 0 Å². The molecule has 0 aliphatic carbocycles. The highest BCUT2D eigenvalue weighted by Crippen LogP contribution is 2.34. The number of rotatable bonds is 3. The molecule has 2 aromatic carbocycles. The number of halogens is 4. The maximum Gasteiger partial charge on any atom is 0.261 e. The summed E-state index contributed by atoms with van der Waals surface area (Å²) in [6.45, 7) is 1.55. The van der Waals surface area contributed by atoms with Gasteiger partial charge in [0.05, 0.1) is 20.6 Å². The van der Waals surface area contributed by atoms with Gasteiger partial charge in [0.1, 0.15) is 22.8 Å². The van der Waals surface area contributed by atoms with Crippen LogP contribution < -0.4 is 5.32 Å². The minimum absolute atomic E-state index is 0.000283. The molecular weight excluding hydrogens is 390 g/mol. The topological polar surface area (TPSA) is 55.1 Å². The summed E-state index contributed by atoms with van der Waals surface area (Å²) in [5.41, 5.74) is 0.530. The molecule has 1 N–H and O–H groups in total. The number of nitrogens with zero attached hydrogens (tertiary/aromatic N) is 1. The minimum Gasteiger partial charge on any atom is -0.360 e. The van der Waals surface area contributed by atoms with Gasteiger partial charge in [-0.1, -0.05) is 46.0 Å². The van der Waals surface area contributed by atoms with Crippen LogP contribution in [-0.2, 0) is 0 Å².